The standard InChI is InChI=1S/C14H20N2/c1-10-6-11(2)14(12(3)7-10)13(8-15)9-16(4)5/h6-7,13H,9H2,1-5H3. The van der Waals surface area contributed by atoms with Crippen molar-refractivity contribution in [2.75, 3.05) is 20.6 Å². The van der Waals surface area contributed by atoms with Crippen LogP contribution in [-0.2, 0) is 0 Å². The predicted octanol–water partition coefficient (Wildman–Crippen LogP) is 2.78. The normalized spacial score (nSPS) is 12.6. The van der Waals surface area contributed by atoms with Gasteiger partial charge in [0.15, 0.2) is 0 Å². The summed E-state index contributed by atoms with van der Waals surface area (Å²) >= 11 is 0. The minimum absolute atomic E-state index is 0.0319. The van der Waals surface area contributed by atoms with Crippen LogP contribution in [0.1, 0.15) is 28.2 Å². The molecule has 0 aliphatic rings. The van der Waals surface area contributed by atoms with Gasteiger partial charge in [-0.15, -0.1) is 0 Å². The third kappa shape index (κ3) is 2.84. The summed E-state index contributed by atoms with van der Waals surface area (Å²) in [6.45, 7) is 7.06. The summed E-state index contributed by atoms with van der Waals surface area (Å²) in [6.07, 6.45) is 0. The molecule has 0 aliphatic carbocycles. The summed E-state index contributed by atoms with van der Waals surface area (Å²) in [4.78, 5) is 2.06. The van der Waals surface area contributed by atoms with Gasteiger partial charge in [0.25, 0.3) is 0 Å². The first-order valence-electron chi connectivity index (χ1n) is 5.57. The van der Waals surface area contributed by atoms with Crippen LogP contribution < -0.4 is 0 Å². The number of benzene rings is 1. The van der Waals surface area contributed by atoms with Crippen LogP contribution in [0.5, 0.6) is 0 Å². The van der Waals surface area contributed by atoms with Crippen LogP contribution >= 0.6 is 0 Å². The summed E-state index contributed by atoms with van der Waals surface area (Å²) in [5, 5.41) is 9.27. The van der Waals surface area contributed by atoms with Crippen molar-refractivity contribution < 1.29 is 0 Å². The third-order valence-corrected chi connectivity index (χ3v) is 2.79. The Morgan fingerprint density at radius 3 is 2.06 bits per heavy atom. The summed E-state index contributed by atoms with van der Waals surface area (Å²) in [5.41, 5.74) is 4.92. The maximum absolute atomic E-state index is 9.27. The Kier molecular flexibility index (Phi) is 4.09. The van der Waals surface area contributed by atoms with Crippen LogP contribution in [0.4, 0.5) is 0 Å². The molecule has 0 bridgehead atoms. The second-order valence-electron chi connectivity index (χ2n) is 4.76. The second kappa shape index (κ2) is 5.14. The first-order valence-corrected chi connectivity index (χ1v) is 5.57. The molecule has 2 heteroatoms. The molecule has 0 N–H and O–H groups in total. The lowest BCUT2D eigenvalue weighted by atomic mass is 9.90. The van der Waals surface area contributed by atoms with E-state index >= 15 is 0 Å². The van der Waals surface area contributed by atoms with Gasteiger partial charge in [0.05, 0.1) is 12.0 Å². The molecular formula is C14H20N2. The van der Waals surface area contributed by atoms with Gasteiger partial charge in [-0.3, -0.25) is 0 Å². The largest absolute Gasteiger partial charge is 0.308 e. The highest BCUT2D eigenvalue weighted by molar-refractivity contribution is 5.42. The van der Waals surface area contributed by atoms with Gasteiger partial charge in [-0.2, -0.15) is 5.26 Å². The third-order valence-electron chi connectivity index (χ3n) is 2.79. The van der Waals surface area contributed by atoms with E-state index in [1.54, 1.807) is 0 Å². The molecule has 0 fully saturated rings. The maximum Gasteiger partial charge on any atom is 0.0844 e. The summed E-state index contributed by atoms with van der Waals surface area (Å²) in [7, 11) is 4.01. The van der Waals surface area contributed by atoms with Crippen LogP contribution in [0.2, 0.25) is 0 Å². The second-order valence-corrected chi connectivity index (χ2v) is 4.76. The van der Waals surface area contributed by atoms with Gasteiger partial charge in [0.2, 0.25) is 0 Å². The van der Waals surface area contributed by atoms with Gasteiger partial charge >= 0.3 is 0 Å². The molecule has 16 heavy (non-hydrogen) atoms. The smallest absolute Gasteiger partial charge is 0.0844 e. The van der Waals surface area contributed by atoms with Crippen molar-refractivity contribution in [2.45, 2.75) is 26.7 Å². The molecule has 0 saturated heterocycles. The molecule has 86 valence electrons. The number of likely N-dealkylation sites (N-methyl/N-ethyl adjacent to an activating group) is 1. The highest BCUT2D eigenvalue weighted by atomic mass is 15.1. The number of rotatable bonds is 3. The first-order chi connectivity index (χ1) is 7.45. The van der Waals surface area contributed by atoms with Gasteiger partial charge in [-0.1, -0.05) is 17.7 Å². The molecule has 0 radical (unpaired) electrons. The van der Waals surface area contributed by atoms with Gasteiger partial charge in [0, 0.05) is 6.54 Å². The molecule has 1 rings (SSSR count). The van der Waals surface area contributed by atoms with Crippen molar-refractivity contribution in [3.63, 3.8) is 0 Å². The Morgan fingerprint density at radius 2 is 1.69 bits per heavy atom. The van der Waals surface area contributed by atoms with E-state index in [9.17, 15) is 5.26 Å². The van der Waals surface area contributed by atoms with Crippen LogP contribution in [0.3, 0.4) is 0 Å². The van der Waals surface area contributed by atoms with Gasteiger partial charge in [0.1, 0.15) is 0 Å². The molecule has 0 amide bonds. The van der Waals surface area contributed by atoms with Crippen molar-refractivity contribution in [1.82, 2.24) is 4.90 Å². The molecule has 0 aromatic heterocycles. The highest BCUT2D eigenvalue weighted by Gasteiger charge is 2.16. The zero-order valence-corrected chi connectivity index (χ0v) is 10.8. The minimum atomic E-state index is -0.0319. The summed E-state index contributed by atoms with van der Waals surface area (Å²) < 4.78 is 0. The highest BCUT2D eigenvalue weighted by Crippen LogP contribution is 2.25. The molecule has 0 spiro atoms. The SMILES string of the molecule is Cc1cc(C)c(C(C#N)CN(C)C)c(C)c1. The molecule has 1 atom stereocenters. The number of hydrogen-bond donors (Lipinski definition) is 0. The fourth-order valence-corrected chi connectivity index (χ4v) is 2.30. The zero-order chi connectivity index (χ0) is 12.3. The lowest BCUT2D eigenvalue weighted by Crippen LogP contribution is -2.20. The maximum atomic E-state index is 9.27. The number of nitrogens with zero attached hydrogens (tertiary/aromatic N) is 2. The van der Waals surface area contributed by atoms with Crippen molar-refractivity contribution in [1.29, 1.82) is 5.26 Å². The van der Waals surface area contributed by atoms with Crippen LogP contribution in [-0.4, -0.2) is 25.5 Å². The molecule has 1 aromatic rings. The van der Waals surface area contributed by atoms with Crippen LogP contribution in [0, 0.1) is 32.1 Å². The Hall–Kier alpha value is -1.33. The average molecular weight is 216 g/mol. The fourth-order valence-electron chi connectivity index (χ4n) is 2.30. The van der Waals surface area contributed by atoms with Crippen molar-refractivity contribution in [3.8, 4) is 6.07 Å². The van der Waals surface area contributed by atoms with Gasteiger partial charge in [-0.05, 0) is 51.6 Å². The fraction of sp³-hybridized carbons (Fsp3) is 0.500. The molecule has 1 aromatic carbocycles. The summed E-state index contributed by atoms with van der Waals surface area (Å²) in [5.74, 6) is -0.0319. The van der Waals surface area contributed by atoms with E-state index in [1.165, 1.54) is 22.3 Å². The van der Waals surface area contributed by atoms with Crippen LogP contribution in [0.15, 0.2) is 12.1 Å². The Morgan fingerprint density at radius 1 is 1.19 bits per heavy atom. The zero-order valence-electron chi connectivity index (χ0n) is 10.8. The number of nitriles is 1. The van der Waals surface area contributed by atoms with Gasteiger partial charge < -0.3 is 4.90 Å². The molecular weight excluding hydrogens is 196 g/mol. The van der Waals surface area contributed by atoms with Crippen molar-refractivity contribution >= 4 is 0 Å². The van der Waals surface area contributed by atoms with E-state index in [0.717, 1.165) is 6.54 Å². The lowest BCUT2D eigenvalue weighted by molar-refractivity contribution is 0.397. The van der Waals surface area contributed by atoms with E-state index in [0.29, 0.717) is 0 Å². The van der Waals surface area contributed by atoms with E-state index in [2.05, 4.69) is 43.9 Å². The van der Waals surface area contributed by atoms with Crippen molar-refractivity contribution in [2.24, 2.45) is 0 Å². The predicted molar refractivity (Wildman–Crippen MR) is 67.6 cm³/mol. The Labute approximate surface area is 98.5 Å². The van der Waals surface area contributed by atoms with E-state index in [4.69, 9.17) is 0 Å². The number of hydrogen-bond acceptors (Lipinski definition) is 2. The van der Waals surface area contributed by atoms with E-state index in [-0.39, 0.29) is 5.92 Å². The molecule has 0 saturated carbocycles. The van der Waals surface area contributed by atoms with Gasteiger partial charge in [-0.25, -0.2) is 0 Å². The lowest BCUT2D eigenvalue weighted by Gasteiger charge is -2.19. The van der Waals surface area contributed by atoms with E-state index in [1.807, 2.05) is 14.1 Å². The topological polar surface area (TPSA) is 27.0 Å². The number of aryl methyl sites for hydroxylation is 3. The van der Waals surface area contributed by atoms with Crippen LogP contribution in [0.25, 0.3) is 0 Å². The van der Waals surface area contributed by atoms with E-state index < -0.39 is 0 Å². The Bertz CT molecular complexity index is 390. The minimum Gasteiger partial charge on any atom is -0.308 e. The molecule has 0 aliphatic heterocycles. The monoisotopic (exact) mass is 216 g/mol. The quantitative estimate of drug-likeness (QED) is 0.777. The summed E-state index contributed by atoms with van der Waals surface area (Å²) in [6, 6.07) is 6.72. The Balaban J connectivity index is 3.16. The molecule has 2 nitrogen and oxygen atoms in total. The average Bonchev–Trinajstić information content (AvgIpc) is 2.13. The van der Waals surface area contributed by atoms with Crippen molar-refractivity contribution in [3.05, 3.63) is 34.4 Å². The molecule has 0 heterocycles. The first kappa shape index (κ1) is 12.7. The molecule has 1 unspecified atom stereocenters.